The Morgan fingerprint density at radius 3 is 1.11 bits per heavy atom. The van der Waals surface area contributed by atoms with Crippen LogP contribution in [0.4, 0.5) is 0 Å². The molecule has 2 N–H and O–H groups in total. The minimum Gasteiger partial charge on any atom is -0.744 e. The Bertz CT molecular complexity index is 1650. The highest BCUT2D eigenvalue weighted by molar-refractivity contribution is 8.01. The number of hydrogen-bond acceptors (Lipinski definition) is 9. The van der Waals surface area contributed by atoms with Gasteiger partial charge in [0.25, 0.3) is 0 Å². The second-order valence-corrected chi connectivity index (χ2v) is 14.7. The van der Waals surface area contributed by atoms with Gasteiger partial charge in [0.15, 0.2) is 0 Å². The van der Waals surface area contributed by atoms with Gasteiger partial charge in [0.2, 0.25) is 0 Å². The molecule has 0 radical (unpaired) electrons. The molecule has 5 aromatic carbocycles. The van der Waals surface area contributed by atoms with E-state index in [1.807, 2.05) is 0 Å². The molecule has 0 aliphatic rings. The van der Waals surface area contributed by atoms with Crippen LogP contribution in [-0.2, 0) is 19.6 Å². The highest BCUT2D eigenvalue weighted by Crippen LogP contribution is 2.54. The van der Waals surface area contributed by atoms with Gasteiger partial charge in [-0.2, -0.15) is 0 Å². The van der Waals surface area contributed by atoms with Crippen LogP contribution in [0, 0.1) is 0 Å². The number of hydrogen-bond donors (Lipinski definition) is 2. The van der Waals surface area contributed by atoms with Gasteiger partial charge in [-0.05, 0) is 66.7 Å². The van der Waals surface area contributed by atoms with Crippen LogP contribution in [0.1, 0.15) is 20.7 Å². The number of ether oxygens (including phenoxy) is 2. The quantitative estimate of drug-likeness (QED) is 0.123. The summed E-state index contributed by atoms with van der Waals surface area (Å²) in [6.45, 7) is -1.57. The summed E-state index contributed by atoms with van der Waals surface area (Å²) in [6, 6.07) is 46.3. The lowest BCUT2D eigenvalue weighted by atomic mass is 10.1. The predicted molar refractivity (Wildman–Crippen MR) is 180 cm³/mol. The Morgan fingerprint density at radius 2 is 0.851 bits per heavy atom. The molecule has 5 rings (SSSR count). The topological polar surface area (TPSA) is 150 Å². The van der Waals surface area contributed by atoms with Crippen molar-refractivity contribution in [2.45, 2.75) is 4.90 Å². The fraction of sp³-hybridized carbons (Fsp3) is 0.111. The SMILES string of the molecule is O=C(OCCO)c1cc(C(=O)OCCO)cc(S(=O)(=O)[O-])c1.c1ccc([P+](c2ccccc2)(c2ccccc2)c2ccccc2)cc1. The Kier molecular flexibility index (Phi) is 12.5. The molecule has 0 saturated heterocycles. The van der Waals surface area contributed by atoms with Gasteiger partial charge >= 0.3 is 11.9 Å². The number of carbonyl (C=O) groups is 2. The van der Waals surface area contributed by atoms with Crippen molar-refractivity contribution in [2.24, 2.45) is 0 Å². The average molecular weight is 673 g/mol. The van der Waals surface area contributed by atoms with E-state index in [0.717, 1.165) is 18.2 Å². The standard InChI is InChI=1S/C24H20P.C12H14O9S/c1-5-13-21(14-6-1)25(22-15-7-2-8-16-22,23-17-9-3-10-18-23)24-19-11-4-12-20-24;13-1-3-20-11(15)8-5-9(12(16)21-4-2-14)7-10(6-8)22(17,18)19/h1-20H;5-7,13-14H,1-4H2,(H,17,18,19)/q+1;/p-1. The van der Waals surface area contributed by atoms with Crippen LogP contribution < -0.4 is 21.2 Å². The van der Waals surface area contributed by atoms with E-state index in [9.17, 15) is 22.6 Å². The van der Waals surface area contributed by atoms with Crippen molar-refractivity contribution >= 4 is 50.5 Å². The fourth-order valence-corrected chi connectivity index (χ4v) is 9.73. The van der Waals surface area contributed by atoms with Crippen molar-refractivity contribution in [1.29, 1.82) is 0 Å². The van der Waals surface area contributed by atoms with E-state index in [4.69, 9.17) is 10.2 Å². The van der Waals surface area contributed by atoms with Crippen LogP contribution in [0.2, 0.25) is 0 Å². The molecule has 0 spiro atoms. The highest BCUT2D eigenvalue weighted by Gasteiger charge is 2.47. The first-order valence-electron chi connectivity index (χ1n) is 14.5. The van der Waals surface area contributed by atoms with Gasteiger partial charge in [-0.15, -0.1) is 0 Å². The summed E-state index contributed by atoms with van der Waals surface area (Å²) in [6.07, 6.45) is 0. The molecule has 11 heteroatoms. The minimum absolute atomic E-state index is 0.336. The summed E-state index contributed by atoms with van der Waals surface area (Å²) in [5.41, 5.74) is -0.720. The molecule has 0 saturated carbocycles. The molecular weight excluding hydrogens is 639 g/mol. The zero-order valence-electron chi connectivity index (χ0n) is 25.2. The molecule has 9 nitrogen and oxygen atoms in total. The van der Waals surface area contributed by atoms with E-state index >= 15 is 0 Å². The Hall–Kier alpha value is -4.70. The van der Waals surface area contributed by atoms with E-state index in [-0.39, 0.29) is 24.3 Å². The van der Waals surface area contributed by atoms with Crippen LogP contribution in [0.5, 0.6) is 0 Å². The Morgan fingerprint density at radius 1 is 0.553 bits per heavy atom. The molecule has 47 heavy (non-hydrogen) atoms. The molecule has 0 amide bonds. The summed E-state index contributed by atoms with van der Waals surface area (Å²) < 4.78 is 42.4. The first kappa shape index (κ1) is 35.2. The van der Waals surface area contributed by atoms with E-state index in [1.54, 1.807) is 0 Å². The van der Waals surface area contributed by atoms with E-state index in [1.165, 1.54) is 21.2 Å². The third-order valence-electron chi connectivity index (χ3n) is 6.89. The average Bonchev–Trinajstić information content (AvgIpc) is 3.11. The first-order valence-corrected chi connectivity index (χ1v) is 17.7. The molecule has 0 fully saturated rings. The van der Waals surface area contributed by atoms with Crippen LogP contribution in [0.25, 0.3) is 0 Å². The van der Waals surface area contributed by atoms with Crippen LogP contribution >= 0.6 is 7.26 Å². The van der Waals surface area contributed by atoms with Gasteiger partial charge in [0.1, 0.15) is 51.8 Å². The highest BCUT2D eigenvalue weighted by atomic mass is 32.2. The number of esters is 2. The summed E-state index contributed by atoms with van der Waals surface area (Å²) in [5.74, 6) is -2.04. The number of benzene rings is 5. The van der Waals surface area contributed by atoms with Crippen molar-refractivity contribution in [3.63, 3.8) is 0 Å². The van der Waals surface area contributed by atoms with E-state index in [2.05, 4.69) is 131 Å². The lowest BCUT2D eigenvalue weighted by molar-refractivity contribution is 0.0429. The molecule has 0 bridgehead atoms. The molecular formula is C36H33O9PS. The second kappa shape index (κ2) is 16.7. The predicted octanol–water partition coefficient (Wildman–Crippen LogP) is 3.19. The van der Waals surface area contributed by atoms with Crippen molar-refractivity contribution in [3.05, 3.63) is 151 Å². The monoisotopic (exact) mass is 672 g/mol. The Labute approximate surface area is 274 Å². The van der Waals surface area contributed by atoms with Crippen molar-refractivity contribution in [1.82, 2.24) is 0 Å². The Balaban J connectivity index is 0.000000215. The second-order valence-electron chi connectivity index (χ2n) is 9.93. The molecule has 0 heterocycles. The molecule has 0 aromatic heterocycles. The lowest BCUT2D eigenvalue weighted by Gasteiger charge is -2.27. The molecule has 242 valence electrons. The van der Waals surface area contributed by atoms with Crippen molar-refractivity contribution < 1.29 is 42.2 Å². The molecule has 0 aliphatic heterocycles. The van der Waals surface area contributed by atoms with Gasteiger partial charge in [0, 0.05) is 0 Å². The maximum absolute atomic E-state index is 11.6. The number of aliphatic hydroxyl groups excluding tert-OH is 2. The van der Waals surface area contributed by atoms with Crippen molar-refractivity contribution in [3.8, 4) is 0 Å². The summed E-state index contributed by atoms with van der Waals surface area (Å²) in [7, 11) is -6.83. The molecule has 0 aliphatic carbocycles. The molecule has 0 unspecified atom stereocenters. The summed E-state index contributed by atoms with van der Waals surface area (Å²) in [5, 5.41) is 22.7. The number of carbonyl (C=O) groups excluding carboxylic acids is 2. The maximum Gasteiger partial charge on any atom is 0.338 e. The lowest BCUT2D eigenvalue weighted by Crippen LogP contribution is -2.38. The summed E-state index contributed by atoms with van der Waals surface area (Å²) >= 11 is 0. The van der Waals surface area contributed by atoms with Gasteiger partial charge in [-0.3, -0.25) is 0 Å². The molecule has 0 atom stereocenters. The van der Waals surface area contributed by atoms with Gasteiger partial charge in [-0.25, -0.2) is 18.0 Å². The maximum atomic E-state index is 11.6. The first-order chi connectivity index (χ1) is 22.7. The summed E-state index contributed by atoms with van der Waals surface area (Å²) in [4.78, 5) is 22.5. The van der Waals surface area contributed by atoms with Gasteiger partial charge in [-0.1, -0.05) is 72.8 Å². The number of aliphatic hydroxyl groups is 2. The van der Waals surface area contributed by atoms with Crippen LogP contribution in [0.15, 0.2) is 144 Å². The fourth-order valence-electron chi connectivity index (χ4n) is 4.92. The third-order valence-corrected chi connectivity index (χ3v) is 12.0. The van der Waals surface area contributed by atoms with E-state index in [0.29, 0.717) is 0 Å². The van der Waals surface area contributed by atoms with Crippen LogP contribution in [0.3, 0.4) is 0 Å². The largest absolute Gasteiger partial charge is 0.744 e. The zero-order chi connectivity index (χ0) is 33.7. The van der Waals surface area contributed by atoms with E-state index < -0.39 is 47.4 Å². The minimum atomic E-state index is -4.92. The van der Waals surface area contributed by atoms with Gasteiger partial charge < -0.3 is 24.2 Å². The molecule has 5 aromatic rings. The van der Waals surface area contributed by atoms with Crippen molar-refractivity contribution in [2.75, 3.05) is 26.4 Å². The van der Waals surface area contributed by atoms with Gasteiger partial charge in [0.05, 0.1) is 29.2 Å². The zero-order valence-corrected chi connectivity index (χ0v) is 26.9. The third kappa shape index (κ3) is 8.77. The number of rotatable bonds is 11. The van der Waals surface area contributed by atoms with Crippen LogP contribution in [-0.4, -0.2) is 61.5 Å². The normalized spacial score (nSPS) is 11.1. The smallest absolute Gasteiger partial charge is 0.338 e.